The molecule has 2 amide bonds. The summed E-state index contributed by atoms with van der Waals surface area (Å²) < 4.78 is 0. The number of amides is 2. The van der Waals surface area contributed by atoms with Crippen molar-refractivity contribution < 1.29 is 19.5 Å². The van der Waals surface area contributed by atoms with Crippen LogP contribution in [0.5, 0.6) is 0 Å². The quantitative estimate of drug-likeness (QED) is 0.774. The Morgan fingerprint density at radius 3 is 2.52 bits per heavy atom. The number of nitrogens with two attached hydrogens (primary N) is 1. The molecule has 0 spiro atoms. The molecule has 0 aromatic carbocycles. The molecular weight excluding hydrogens is 292 g/mol. The van der Waals surface area contributed by atoms with E-state index in [0.717, 1.165) is 19.3 Å². The van der Waals surface area contributed by atoms with Crippen molar-refractivity contribution in [2.75, 3.05) is 5.32 Å². The fraction of sp³-hybridized carbons (Fsp3) is 0.500. The normalized spacial score (nSPS) is 17.1. The molecule has 2 rings (SSSR count). The van der Waals surface area contributed by atoms with E-state index >= 15 is 0 Å². The van der Waals surface area contributed by atoms with Crippen LogP contribution in [0.25, 0.3) is 0 Å². The minimum atomic E-state index is -0.980. The molecule has 4 N–H and O–H groups in total. The standard InChI is InChI=1S/C14H18N2O4S/c15-11(18)9-4-7-21-12(9)16-10(17)8-14(13(19)20)5-2-1-3-6-14/h4,7H,1-3,5-6,8H2,(H2,15,18)(H,16,17)(H,19,20). The summed E-state index contributed by atoms with van der Waals surface area (Å²) in [6, 6.07) is 1.54. The predicted octanol–water partition coefficient (Wildman–Crippen LogP) is 2.21. The van der Waals surface area contributed by atoms with Crippen molar-refractivity contribution in [3.05, 3.63) is 17.0 Å². The Bertz CT molecular complexity index is 561. The molecule has 0 atom stereocenters. The lowest BCUT2D eigenvalue weighted by molar-refractivity contribution is -0.153. The number of aliphatic carboxylic acids is 1. The molecule has 1 saturated carbocycles. The maximum Gasteiger partial charge on any atom is 0.310 e. The van der Waals surface area contributed by atoms with Gasteiger partial charge in [-0.3, -0.25) is 14.4 Å². The number of thiophene rings is 1. The second-order valence-electron chi connectivity index (χ2n) is 5.40. The highest BCUT2D eigenvalue weighted by Crippen LogP contribution is 2.40. The van der Waals surface area contributed by atoms with Crippen LogP contribution in [-0.4, -0.2) is 22.9 Å². The second kappa shape index (κ2) is 6.26. The van der Waals surface area contributed by atoms with Crippen LogP contribution in [0.15, 0.2) is 11.4 Å². The summed E-state index contributed by atoms with van der Waals surface area (Å²) in [6.45, 7) is 0. The molecule has 1 aromatic heterocycles. The molecular formula is C14H18N2O4S. The molecule has 6 nitrogen and oxygen atoms in total. The zero-order valence-corrected chi connectivity index (χ0v) is 12.4. The molecule has 1 aromatic rings. The van der Waals surface area contributed by atoms with Gasteiger partial charge in [0, 0.05) is 6.42 Å². The number of carbonyl (C=O) groups excluding carboxylic acids is 2. The number of nitrogens with one attached hydrogen (secondary N) is 1. The Kier molecular flexibility index (Phi) is 4.62. The van der Waals surface area contributed by atoms with Crippen LogP contribution >= 0.6 is 11.3 Å². The van der Waals surface area contributed by atoms with Crippen LogP contribution in [0, 0.1) is 5.41 Å². The first-order valence-corrected chi connectivity index (χ1v) is 7.73. The van der Waals surface area contributed by atoms with Crippen molar-refractivity contribution in [1.82, 2.24) is 0 Å². The summed E-state index contributed by atoms with van der Waals surface area (Å²) in [6.07, 6.45) is 3.62. The van der Waals surface area contributed by atoms with Crippen molar-refractivity contribution in [2.24, 2.45) is 11.1 Å². The molecule has 0 unspecified atom stereocenters. The summed E-state index contributed by atoms with van der Waals surface area (Å²) in [5.41, 5.74) is 4.49. The highest BCUT2D eigenvalue weighted by molar-refractivity contribution is 7.14. The lowest BCUT2D eigenvalue weighted by Gasteiger charge is -2.32. The van der Waals surface area contributed by atoms with Crippen molar-refractivity contribution in [2.45, 2.75) is 38.5 Å². The average Bonchev–Trinajstić information content (AvgIpc) is 2.87. The SMILES string of the molecule is NC(=O)c1ccsc1NC(=O)CC1(C(=O)O)CCCCC1. The van der Waals surface area contributed by atoms with Gasteiger partial charge in [-0.2, -0.15) is 0 Å². The number of hydrogen-bond donors (Lipinski definition) is 3. The molecule has 21 heavy (non-hydrogen) atoms. The molecule has 1 aliphatic carbocycles. The van der Waals surface area contributed by atoms with Gasteiger partial charge in [-0.15, -0.1) is 11.3 Å². The van der Waals surface area contributed by atoms with Crippen LogP contribution in [-0.2, 0) is 9.59 Å². The van der Waals surface area contributed by atoms with E-state index in [2.05, 4.69) is 5.32 Å². The first-order chi connectivity index (χ1) is 9.94. The Hall–Kier alpha value is -1.89. The summed E-state index contributed by atoms with van der Waals surface area (Å²) >= 11 is 1.20. The molecule has 1 fully saturated rings. The first kappa shape index (κ1) is 15.5. The van der Waals surface area contributed by atoms with Gasteiger partial charge in [-0.25, -0.2) is 0 Å². The van der Waals surface area contributed by atoms with Gasteiger partial charge in [-0.05, 0) is 24.3 Å². The van der Waals surface area contributed by atoms with Crippen LogP contribution in [0.2, 0.25) is 0 Å². The average molecular weight is 310 g/mol. The van der Waals surface area contributed by atoms with Crippen molar-refractivity contribution in [1.29, 1.82) is 0 Å². The van der Waals surface area contributed by atoms with Crippen molar-refractivity contribution in [3.63, 3.8) is 0 Å². The third-order valence-corrected chi connectivity index (χ3v) is 4.78. The van der Waals surface area contributed by atoms with Crippen LogP contribution in [0.1, 0.15) is 48.9 Å². The van der Waals surface area contributed by atoms with E-state index in [4.69, 9.17) is 5.73 Å². The Balaban J connectivity index is 2.08. The maximum atomic E-state index is 12.1. The monoisotopic (exact) mass is 310 g/mol. The zero-order valence-electron chi connectivity index (χ0n) is 11.6. The largest absolute Gasteiger partial charge is 0.481 e. The highest BCUT2D eigenvalue weighted by atomic mass is 32.1. The maximum absolute atomic E-state index is 12.1. The summed E-state index contributed by atoms with van der Waals surface area (Å²) in [4.78, 5) is 34.9. The third kappa shape index (κ3) is 3.41. The molecule has 0 aliphatic heterocycles. The number of primary amides is 1. The fourth-order valence-electron chi connectivity index (χ4n) is 2.77. The van der Waals surface area contributed by atoms with Gasteiger partial charge in [0.25, 0.3) is 5.91 Å². The smallest absolute Gasteiger partial charge is 0.310 e. The van der Waals surface area contributed by atoms with E-state index in [1.807, 2.05) is 0 Å². The number of carbonyl (C=O) groups is 3. The topological polar surface area (TPSA) is 109 Å². The minimum Gasteiger partial charge on any atom is -0.481 e. The van der Waals surface area contributed by atoms with Crippen LogP contribution < -0.4 is 11.1 Å². The Morgan fingerprint density at radius 1 is 1.29 bits per heavy atom. The molecule has 0 saturated heterocycles. The van der Waals surface area contributed by atoms with Gasteiger partial charge in [0.15, 0.2) is 0 Å². The lowest BCUT2D eigenvalue weighted by atomic mass is 9.71. The molecule has 1 aliphatic rings. The van der Waals surface area contributed by atoms with E-state index in [9.17, 15) is 19.5 Å². The lowest BCUT2D eigenvalue weighted by Crippen LogP contribution is -2.37. The van der Waals surface area contributed by atoms with E-state index in [1.165, 1.54) is 17.4 Å². The summed E-state index contributed by atoms with van der Waals surface area (Å²) in [7, 11) is 0. The third-order valence-electron chi connectivity index (χ3n) is 3.95. The van der Waals surface area contributed by atoms with E-state index in [0.29, 0.717) is 17.8 Å². The molecule has 0 radical (unpaired) electrons. The number of rotatable bonds is 5. The number of carboxylic acid groups (broad SMARTS) is 1. The number of hydrogen-bond acceptors (Lipinski definition) is 4. The van der Waals surface area contributed by atoms with Crippen LogP contribution in [0.4, 0.5) is 5.00 Å². The van der Waals surface area contributed by atoms with Gasteiger partial charge in [-0.1, -0.05) is 19.3 Å². The van der Waals surface area contributed by atoms with E-state index in [1.54, 1.807) is 5.38 Å². The summed E-state index contributed by atoms with van der Waals surface area (Å²) in [5.74, 6) is -1.92. The summed E-state index contributed by atoms with van der Waals surface area (Å²) in [5, 5.41) is 14.1. The molecule has 114 valence electrons. The van der Waals surface area contributed by atoms with Gasteiger partial charge in [0.2, 0.25) is 5.91 Å². The van der Waals surface area contributed by atoms with Gasteiger partial charge >= 0.3 is 5.97 Å². The minimum absolute atomic E-state index is 0.0710. The molecule has 1 heterocycles. The zero-order chi connectivity index (χ0) is 15.5. The van der Waals surface area contributed by atoms with E-state index < -0.39 is 17.3 Å². The second-order valence-corrected chi connectivity index (χ2v) is 6.31. The first-order valence-electron chi connectivity index (χ1n) is 6.85. The predicted molar refractivity (Wildman–Crippen MR) is 79.2 cm³/mol. The Morgan fingerprint density at radius 2 is 1.95 bits per heavy atom. The van der Waals surface area contributed by atoms with Gasteiger partial charge in [0.1, 0.15) is 5.00 Å². The Labute approximate surface area is 126 Å². The van der Waals surface area contributed by atoms with Crippen LogP contribution in [0.3, 0.4) is 0 Å². The van der Waals surface area contributed by atoms with E-state index in [-0.39, 0.29) is 17.9 Å². The molecule has 7 heteroatoms. The number of anilines is 1. The number of carboxylic acids is 1. The molecule has 0 bridgehead atoms. The highest BCUT2D eigenvalue weighted by Gasteiger charge is 2.41. The van der Waals surface area contributed by atoms with Gasteiger partial charge in [0.05, 0.1) is 11.0 Å². The fourth-order valence-corrected chi connectivity index (χ4v) is 3.58. The van der Waals surface area contributed by atoms with Crippen molar-refractivity contribution >= 4 is 34.1 Å². The van der Waals surface area contributed by atoms with Crippen molar-refractivity contribution in [3.8, 4) is 0 Å². The van der Waals surface area contributed by atoms with Gasteiger partial charge < -0.3 is 16.2 Å².